The van der Waals surface area contributed by atoms with Crippen LogP contribution in [0.2, 0.25) is 0 Å². The zero-order valence-electron chi connectivity index (χ0n) is 11.3. The lowest BCUT2D eigenvalue weighted by molar-refractivity contribution is -0.144. The predicted molar refractivity (Wildman–Crippen MR) is 71.5 cm³/mol. The fourth-order valence-electron chi connectivity index (χ4n) is 1.86. The van der Waals surface area contributed by atoms with E-state index in [2.05, 4.69) is 10.1 Å². The van der Waals surface area contributed by atoms with Crippen molar-refractivity contribution in [2.24, 2.45) is 7.05 Å². The Morgan fingerprint density at radius 2 is 2.05 bits per heavy atom. The zero-order chi connectivity index (χ0) is 13.8. The molecule has 0 saturated heterocycles. The number of aryl methyl sites for hydroxylation is 1. The molecule has 0 aliphatic heterocycles. The van der Waals surface area contributed by atoms with Crippen molar-refractivity contribution in [3.8, 4) is 11.4 Å². The van der Waals surface area contributed by atoms with Crippen LogP contribution >= 0.6 is 0 Å². The summed E-state index contributed by atoms with van der Waals surface area (Å²) in [4.78, 5) is 16.2. The molecule has 0 spiro atoms. The van der Waals surface area contributed by atoms with Gasteiger partial charge in [-0.15, -0.1) is 0 Å². The van der Waals surface area contributed by atoms with Crippen LogP contribution in [0.5, 0.6) is 0 Å². The molecule has 19 heavy (non-hydrogen) atoms. The topological polar surface area (TPSA) is 57.0 Å². The van der Waals surface area contributed by atoms with Gasteiger partial charge >= 0.3 is 5.97 Å². The van der Waals surface area contributed by atoms with Gasteiger partial charge in [-0.2, -0.15) is 5.10 Å². The van der Waals surface area contributed by atoms with Crippen LogP contribution in [-0.2, 0) is 16.6 Å². The molecule has 0 aliphatic carbocycles. The van der Waals surface area contributed by atoms with Crippen LogP contribution in [0.25, 0.3) is 11.4 Å². The quantitative estimate of drug-likeness (QED) is 0.789. The van der Waals surface area contributed by atoms with Crippen molar-refractivity contribution < 1.29 is 9.53 Å². The molecular formula is C14H17N3O2. The maximum Gasteiger partial charge on any atom is 0.316 e. The molecule has 1 unspecified atom stereocenters. The van der Waals surface area contributed by atoms with Crippen LogP contribution < -0.4 is 0 Å². The molecule has 0 aliphatic rings. The van der Waals surface area contributed by atoms with Gasteiger partial charge in [0.2, 0.25) is 0 Å². The van der Waals surface area contributed by atoms with E-state index in [1.807, 2.05) is 30.3 Å². The highest BCUT2D eigenvalue weighted by molar-refractivity contribution is 5.76. The van der Waals surface area contributed by atoms with Gasteiger partial charge in [-0.25, -0.2) is 4.98 Å². The molecule has 5 heteroatoms. The lowest BCUT2D eigenvalue weighted by Gasteiger charge is -2.08. The Bertz CT molecular complexity index is 563. The molecule has 0 radical (unpaired) electrons. The number of esters is 1. The zero-order valence-corrected chi connectivity index (χ0v) is 11.3. The first-order chi connectivity index (χ1) is 9.13. The molecular weight excluding hydrogens is 242 g/mol. The molecule has 1 atom stereocenters. The molecule has 0 fully saturated rings. The number of ether oxygens (including phenoxy) is 1. The third kappa shape index (κ3) is 2.81. The fourth-order valence-corrected chi connectivity index (χ4v) is 1.86. The lowest BCUT2D eigenvalue weighted by atomic mass is 10.1. The number of carbonyl (C=O) groups is 1. The third-order valence-electron chi connectivity index (χ3n) is 2.86. The van der Waals surface area contributed by atoms with Gasteiger partial charge in [-0.1, -0.05) is 30.3 Å². The van der Waals surface area contributed by atoms with Crippen LogP contribution in [0.4, 0.5) is 0 Å². The fraction of sp³-hybridized carbons (Fsp3) is 0.357. The molecule has 2 rings (SSSR count). The van der Waals surface area contributed by atoms with Crippen molar-refractivity contribution in [1.82, 2.24) is 14.8 Å². The summed E-state index contributed by atoms with van der Waals surface area (Å²) in [5.41, 5.74) is 0.931. The van der Waals surface area contributed by atoms with Crippen LogP contribution in [0.15, 0.2) is 30.3 Å². The second kappa shape index (κ2) is 5.65. The SMILES string of the molecule is CCOC(=O)C(C)c1nc(-c2ccccc2)nn1C. The molecule has 0 saturated carbocycles. The lowest BCUT2D eigenvalue weighted by Crippen LogP contribution is -2.16. The average Bonchev–Trinajstić information content (AvgIpc) is 2.81. The highest BCUT2D eigenvalue weighted by Gasteiger charge is 2.22. The van der Waals surface area contributed by atoms with E-state index in [1.54, 1.807) is 25.6 Å². The van der Waals surface area contributed by atoms with Crippen molar-refractivity contribution in [3.63, 3.8) is 0 Å². The number of hydrogen-bond donors (Lipinski definition) is 0. The first-order valence-electron chi connectivity index (χ1n) is 6.26. The van der Waals surface area contributed by atoms with Crippen molar-refractivity contribution in [2.45, 2.75) is 19.8 Å². The largest absolute Gasteiger partial charge is 0.465 e. The van der Waals surface area contributed by atoms with Crippen molar-refractivity contribution in [2.75, 3.05) is 6.61 Å². The summed E-state index contributed by atoms with van der Waals surface area (Å²) in [5.74, 6) is 0.527. The number of rotatable bonds is 4. The van der Waals surface area contributed by atoms with Gasteiger partial charge in [-0.3, -0.25) is 9.48 Å². The van der Waals surface area contributed by atoms with Crippen molar-refractivity contribution in [3.05, 3.63) is 36.2 Å². The maximum absolute atomic E-state index is 11.7. The van der Waals surface area contributed by atoms with Crippen LogP contribution in [0.3, 0.4) is 0 Å². The molecule has 0 N–H and O–H groups in total. The molecule has 0 amide bonds. The Morgan fingerprint density at radius 1 is 1.37 bits per heavy atom. The summed E-state index contributed by atoms with van der Waals surface area (Å²) in [6.45, 7) is 3.93. The van der Waals surface area contributed by atoms with Gasteiger partial charge in [0.15, 0.2) is 5.82 Å². The minimum atomic E-state index is -0.421. The van der Waals surface area contributed by atoms with Crippen LogP contribution in [0.1, 0.15) is 25.6 Å². The maximum atomic E-state index is 11.7. The molecule has 100 valence electrons. The molecule has 0 bridgehead atoms. The minimum Gasteiger partial charge on any atom is -0.465 e. The van der Waals surface area contributed by atoms with Crippen LogP contribution in [0, 0.1) is 0 Å². The van der Waals surface area contributed by atoms with Crippen molar-refractivity contribution >= 4 is 5.97 Å². The standard InChI is InChI=1S/C14H17N3O2/c1-4-19-14(18)10(2)13-15-12(16-17(13)3)11-8-6-5-7-9-11/h5-10H,4H2,1-3H3. The van der Waals surface area contributed by atoms with Gasteiger partial charge in [0.25, 0.3) is 0 Å². The summed E-state index contributed by atoms with van der Waals surface area (Å²) in [6, 6.07) is 9.68. The highest BCUT2D eigenvalue weighted by Crippen LogP contribution is 2.19. The van der Waals surface area contributed by atoms with Crippen LogP contribution in [-0.4, -0.2) is 27.3 Å². The summed E-state index contributed by atoms with van der Waals surface area (Å²) >= 11 is 0. The predicted octanol–water partition coefficient (Wildman–Crippen LogP) is 2.15. The molecule has 5 nitrogen and oxygen atoms in total. The normalized spacial score (nSPS) is 12.2. The summed E-state index contributed by atoms with van der Waals surface area (Å²) in [5, 5.41) is 4.34. The first kappa shape index (κ1) is 13.3. The van der Waals surface area contributed by atoms with E-state index in [0.717, 1.165) is 5.56 Å². The smallest absolute Gasteiger partial charge is 0.316 e. The van der Waals surface area contributed by atoms with Gasteiger partial charge < -0.3 is 4.74 Å². The minimum absolute atomic E-state index is 0.280. The monoisotopic (exact) mass is 259 g/mol. The summed E-state index contributed by atoms with van der Waals surface area (Å²) < 4.78 is 6.64. The van der Waals surface area contributed by atoms with E-state index < -0.39 is 5.92 Å². The number of aromatic nitrogens is 3. The molecule has 1 aromatic carbocycles. The Morgan fingerprint density at radius 3 is 2.68 bits per heavy atom. The van der Waals surface area contributed by atoms with Gasteiger partial charge in [0.1, 0.15) is 11.7 Å². The van der Waals surface area contributed by atoms with E-state index in [9.17, 15) is 4.79 Å². The van der Waals surface area contributed by atoms with E-state index in [-0.39, 0.29) is 5.97 Å². The Labute approximate surface area is 112 Å². The average molecular weight is 259 g/mol. The summed E-state index contributed by atoms with van der Waals surface area (Å²) in [6.07, 6.45) is 0. The highest BCUT2D eigenvalue weighted by atomic mass is 16.5. The third-order valence-corrected chi connectivity index (χ3v) is 2.86. The van der Waals surface area contributed by atoms with Crippen molar-refractivity contribution in [1.29, 1.82) is 0 Å². The van der Waals surface area contributed by atoms with E-state index >= 15 is 0 Å². The summed E-state index contributed by atoms with van der Waals surface area (Å²) in [7, 11) is 1.78. The van der Waals surface area contributed by atoms with E-state index in [0.29, 0.717) is 18.3 Å². The number of benzene rings is 1. The second-order valence-electron chi connectivity index (χ2n) is 4.26. The Balaban J connectivity index is 2.29. The molecule has 1 aromatic heterocycles. The number of hydrogen-bond acceptors (Lipinski definition) is 4. The Kier molecular flexibility index (Phi) is 3.94. The molecule has 2 aromatic rings. The van der Waals surface area contributed by atoms with E-state index in [4.69, 9.17) is 4.74 Å². The van der Waals surface area contributed by atoms with Gasteiger partial charge in [0.05, 0.1) is 6.61 Å². The first-order valence-corrected chi connectivity index (χ1v) is 6.26. The number of carbonyl (C=O) groups excluding carboxylic acids is 1. The molecule has 1 heterocycles. The van der Waals surface area contributed by atoms with E-state index in [1.165, 1.54) is 0 Å². The van der Waals surface area contributed by atoms with Gasteiger partial charge in [0, 0.05) is 12.6 Å². The Hall–Kier alpha value is -2.17. The second-order valence-corrected chi connectivity index (χ2v) is 4.26. The number of nitrogens with zero attached hydrogens (tertiary/aromatic N) is 3. The van der Waals surface area contributed by atoms with Gasteiger partial charge in [-0.05, 0) is 13.8 Å².